The van der Waals surface area contributed by atoms with Crippen molar-refractivity contribution in [2.45, 2.75) is 6.54 Å². The van der Waals surface area contributed by atoms with Gasteiger partial charge in [0, 0.05) is 0 Å². The third kappa shape index (κ3) is 4.82. The van der Waals surface area contributed by atoms with Crippen LogP contribution in [0.1, 0.15) is 11.1 Å². The number of nitriles is 1. The number of anilines is 1. The summed E-state index contributed by atoms with van der Waals surface area (Å²) >= 11 is 3.28. The molecule has 0 unspecified atom stereocenters. The highest BCUT2D eigenvalue weighted by Crippen LogP contribution is 2.28. The Balaban J connectivity index is 1.91. The van der Waals surface area contributed by atoms with Crippen molar-refractivity contribution < 1.29 is 12.6 Å². The number of aromatic nitrogens is 3. The molecule has 0 spiro atoms. The Morgan fingerprint density at radius 1 is 1.19 bits per heavy atom. The molecule has 0 bridgehead atoms. The van der Waals surface area contributed by atoms with Crippen LogP contribution in [-0.2, 0) is 16.8 Å². The predicted molar refractivity (Wildman–Crippen MR) is 101 cm³/mol. The number of hydrogen-bond donors (Lipinski definition) is 1. The monoisotopic (exact) mass is 448 g/mol. The summed E-state index contributed by atoms with van der Waals surface area (Å²) in [5, 5.41) is 23.4. The first-order chi connectivity index (χ1) is 12.9. The fraction of sp³-hybridized carbons (Fsp3) is 0.0625. The van der Waals surface area contributed by atoms with Gasteiger partial charge in [0.25, 0.3) is 0 Å². The first-order valence-electron chi connectivity index (χ1n) is 7.49. The highest BCUT2D eigenvalue weighted by molar-refractivity contribution is 9.10. The molecule has 0 aliphatic heterocycles. The van der Waals surface area contributed by atoms with Crippen LogP contribution in [0, 0.1) is 11.3 Å². The van der Waals surface area contributed by atoms with Gasteiger partial charge in [0.1, 0.15) is 12.7 Å². The molecule has 2 N–H and O–H groups in total. The van der Waals surface area contributed by atoms with Gasteiger partial charge in [-0.25, -0.2) is 4.68 Å². The van der Waals surface area contributed by atoms with E-state index in [2.05, 4.69) is 32.2 Å². The molecule has 1 heterocycles. The normalized spacial score (nSPS) is 11.0. The van der Waals surface area contributed by atoms with Gasteiger partial charge in [-0.3, -0.25) is 5.01 Å². The standard InChI is InChI=1S/C16H13BrN6O3S/c17-15-7-13(3-6-16(15)26-27(19,24)25)9-23(22-10-20-21-11-22)14-4-1-12(8-18)2-5-14/h1-7,10-11H,9H2,(H2,19,24,25). The van der Waals surface area contributed by atoms with E-state index in [-0.39, 0.29) is 5.75 Å². The molecule has 0 fully saturated rings. The van der Waals surface area contributed by atoms with Crippen LogP contribution in [0.5, 0.6) is 5.75 Å². The van der Waals surface area contributed by atoms with E-state index in [0.29, 0.717) is 16.6 Å². The molecule has 11 heteroatoms. The van der Waals surface area contributed by atoms with Crippen molar-refractivity contribution in [3.8, 4) is 11.8 Å². The highest BCUT2D eigenvalue weighted by Gasteiger charge is 2.13. The third-order valence-corrected chi connectivity index (χ3v) is 4.55. The lowest BCUT2D eigenvalue weighted by molar-refractivity contribution is 0.486. The molecule has 3 rings (SSSR count). The number of nitrogens with zero attached hydrogens (tertiary/aromatic N) is 5. The summed E-state index contributed by atoms with van der Waals surface area (Å²) in [7, 11) is -4.11. The lowest BCUT2D eigenvalue weighted by Crippen LogP contribution is -2.27. The number of benzene rings is 2. The SMILES string of the molecule is N#Cc1ccc(N(Cc2ccc(OS(N)(=O)=O)c(Br)c2)n2cnnc2)cc1. The van der Waals surface area contributed by atoms with E-state index in [1.807, 2.05) is 17.1 Å². The van der Waals surface area contributed by atoms with E-state index < -0.39 is 10.3 Å². The number of nitrogens with two attached hydrogens (primary N) is 1. The first kappa shape index (κ1) is 18.8. The number of rotatable bonds is 6. The van der Waals surface area contributed by atoms with Crippen LogP contribution < -0.4 is 14.3 Å². The van der Waals surface area contributed by atoms with Gasteiger partial charge in [0.15, 0.2) is 5.75 Å². The summed E-state index contributed by atoms with van der Waals surface area (Å²) in [6, 6.07) is 14.1. The third-order valence-electron chi connectivity index (χ3n) is 3.51. The lowest BCUT2D eigenvalue weighted by Gasteiger charge is -2.25. The quantitative estimate of drug-likeness (QED) is 0.610. The van der Waals surface area contributed by atoms with Gasteiger partial charge in [0.05, 0.1) is 28.3 Å². The summed E-state index contributed by atoms with van der Waals surface area (Å²) in [4.78, 5) is 0. The summed E-state index contributed by atoms with van der Waals surface area (Å²) in [6.07, 6.45) is 3.09. The Bertz CT molecular complexity index is 1080. The second kappa shape index (κ2) is 7.75. The summed E-state index contributed by atoms with van der Waals surface area (Å²) < 4.78 is 29.0. The maximum Gasteiger partial charge on any atom is 0.380 e. The fourth-order valence-corrected chi connectivity index (χ4v) is 3.35. The summed E-state index contributed by atoms with van der Waals surface area (Å²) in [6.45, 7) is 0.415. The first-order valence-corrected chi connectivity index (χ1v) is 9.75. The molecule has 0 aliphatic carbocycles. The van der Waals surface area contributed by atoms with Crippen molar-refractivity contribution in [3.63, 3.8) is 0 Å². The van der Waals surface area contributed by atoms with Crippen LogP contribution >= 0.6 is 15.9 Å². The zero-order chi connectivity index (χ0) is 19.4. The lowest BCUT2D eigenvalue weighted by atomic mass is 10.2. The zero-order valence-electron chi connectivity index (χ0n) is 13.7. The molecule has 1 aromatic heterocycles. The Hall–Kier alpha value is -2.94. The average Bonchev–Trinajstić information content (AvgIpc) is 3.15. The van der Waals surface area contributed by atoms with Crippen molar-refractivity contribution in [1.82, 2.24) is 14.9 Å². The molecule has 0 radical (unpaired) electrons. The molecule has 0 saturated carbocycles. The molecule has 0 saturated heterocycles. The van der Waals surface area contributed by atoms with Crippen molar-refractivity contribution >= 4 is 31.9 Å². The number of halogens is 1. The molecule has 138 valence electrons. The van der Waals surface area contributed by atoms with Crippen LogP contribution in [0.25, 0.3) is 0 Å². The molecular formula is C16H13BrN6O3S. The summed E-state index contributed by atoms with van der Waals surface area (Å²) in [5.41, 5.74) is 2.21. The molecule has 0 amide bonds. The van der Waals surface area contributed by atoms with Gasteiger partial charge in [-0.05, 0) is 57.9 Å². The van der Waals surface area contributed by atoms with E-state index in [1.54, 1.807) is 41.6 Å². The largest absolute Gasteiger partial charge is 0.380 e. The maximum atomic E-state index is 11.1. The predicted octanol–water partition coefficient (Wildman–Crippen LogP) is 1.96. The van der Waals surface area contributed by atoms with Crippen LogP contribution in [-0.4, -0.2) is 23.3 Å². The van der Waals surface area contributed by atoms with Crippen LogP contribution in [0.4, 0.5) is 5.69 Å². The van der Waals surface area contributed by atoms with Crippen LogP contribution in [0.2, 0.25) is 0 Å². The smallest absolute Gasteiger partial charge is 0.370 e. The summed E-state index contributed by atoms with van der Waals surface area (Å²) in [5.74, 6) is 0.0930. The van der Waals surface area contributed by atoms with Gasteiger partial charge in [-0.2, -0.15) is 18.8 Å². The second-order valence-electron chi connectivity index (χ2n) is 5.40. The van der Waals surface area contributed by atoms with Crippen molar-refractivity contribution in [3.05, 3.63) is 70.7 Å². The van der Waals surface area contributed by atoms with E-state index in [9.17, 15) is 8.42 Å². The van der Waals surface area contributed by atoms with Crippen molar-refractivity contribution in [2.75, 3.05) is 5.01 Å². The molecule has 9 nitrogen and oxygen atoms in total. The van der Waals surface area contributed by atoms with Gasteiger partial charge < -0.3 is 4.18 Å². The average molecular weight is 449 g/mol. The molecular weight excluding hydrogens is 436 g/mol. The van der Waals surface area contributed by atoms with Gasteiger partial charge in [-0.1, -0.05) is 6.07 Å². The molecule has 27 heavy (non-hydrogen) atoms. The molecule has 3 aromatic rings. The number of hydrogen-bond acceptors (Lipinski definition) is 7. The topological polar surface area (TPSA) is 127 Å². The zero-order valence-corrected chi connectivity index (χ0v) is 16.1. The Labute approximate surface area is 164 Å². The Morgan fingerprint density at radius 2 is 1.85 bits per heavy atom. The van der Waals surface area contributed by atoms with Gasteiger partial charge in [-0.15, -0.1) is 10.2 Å². The molecule has 0 atom stereocenters. The Kier molecular flexibility index (Phi) is 5.41. The van der Waals surface area contributed by atoms with Crippen molar-refractivity contribution in [1.29, 1.82) is 5.26 Å². The van der Waals surface area contributed by atoms with E-state index >= 15 is 0 Å². The van der Waals surface area contributed by atoms with Crippen molar-refractivity contribution in [2.24, 2.45) is 5.14 Å². The molecule has 0 aliphatic rings. The minimum absolute atomic E-state index is 0.0930. The fourth-order valence-electron chi connectivity index (χ4n) is 2.34. The van der Waals surface area contributed by atoms with Gasteiger partial charge in [0.2, 0.25) is 0 Å². The molecule has 2 aromatic carbocycles. The minimum Gasteiger partial charge on any atom is -0.370 e. The minimum atomic E-state index is -4.11. The van der Waals surface area contributed by atoms with E-state index in [4.69, 9.17) is 14.6 Å². The second-order valence-corrected chi connectivity index (χ2v) is 7.41. The Morgan fingerprint density at radius 3 is 2.41 bits per heavy atom. The van der Waals surface area contributed by atoms with Gasteiger partial charge >= 0.3 is 10.3 Å². The maximum absolute atomic E-state index is 11.1. The van der Waals surface area contributed by atoms with E-state index in [1.165, 1.54) is 6.07 Å². The van der Waals surface area contributed by atoms with E-state index in [0.717, 1.165) is 11.3 Å². The van der Waals surface area contributed by atoms with Crippen LogP contribution in [0.15, 0.2) is 59.6 Å². The van der Waals surface area contributed by atoms with Crippen LogP contribution in [0.3, 0.4) is 0 Å². The highest BCUT2D eigenvalue weighted by atomic mass is 79.9.